The van der Waals surface area contributed by atoms with Crippen molar-refractivity contribution in [2.45, 2.75) is 13.1 Å². The molecule has 1 N–H and O–H groups in total. The summed E-state index contributed by atoms with van der Waals surface area (Å²) in [5.74, 6) is -0.515. The molecule has 0 radical (unpaired) electrons. The number of carbonyl (C=O) groups is 2. The second-order valence-electron chi connectivity index (χ2n) is 5.72. The topological polar surface area (TPSA) is 49.4 Å². The molecule has 4 nitrogen and oxygen atoms in total. The molecule has 0 saturated heterocycles. The minimum Gasteiger partial charge on any atom is -0.343 e. The van der Waals surface area contributed by atoms with Crippen molar-refractivity contribution in [2.24, 2.45) is 0 Å². The third-order valence-electron chi connectivity index (χ3n) is 3.79. The van der Waals surface area contributed by atoms with Gasteiger partial charge in [-0.2, -0.15) is 0 Å². The molecule has 2 amide bonds. The Labute approximate surface area is 175 Å². The van der Waals surface area contributed by atoms with Gasteiger partial charge in [-0.25, -0.2) is 0 Å². The largest absolute Gasteiger partial charge is 0.343 e. The van der Waals surface area contributed by atoms with Crippen molar-refractivity contribution in [2.75, 3.05) is 6.54 Å². The van der Waals surface area contributed by atoms with Crippen LogP contribution in [0.4, 0.5) is 0 Å². The van der Waals surface area contributed by atoms with Gasteiger partial charge in [-0.3, -0.25) is 9.59 Å². The third-order valence-corrected chi connectivity index (χ3v) is 6.25. The lowest BCUT2D eigenvalue weighted by molar-refractivity contribution is -0.131. The SMILES string of the molecule is O=C(NCC(=O)N(Cc1cccs1)Cc1cccs1)c1ccc(Cl)c(Cl)c1. The molecule has 2 aromatic heterocycles. The summed E-state index contributed by atoms with van der Waals surface area (Å²) in [6, 6.07) is 12.5. The van der Waals surface area contributed by atoms with Crippen LogP contribution in [0, 0.1) is 0 Å². The maximum Gasteiger partial charge on any atom is 0.251 e. The van der Waals surface area contributed by atoms with Crippen LogP contribution < -0.4 is 5.32 Å². The number of halogens is 2. The predicted octanol–water partition coefficient (Wildman–Crippen LogP) is 5.08. The van der Waals surface area contributed by atoms with Gasteiger partial charge < -0.3 is 10.2 Å². The van der Waals surface area contributed by atoms with Crippen LogP contribution in [0.3, 0.4) is 0 Å². The highest BCUT2D eigenvalue weighted by Crippen LogP contribution is 2.22. The van der Waals surface area contributed by atoms with Crippen LogP contribution in [0.15, 0.2) is 53.2 Å². The fourth-order valence-corrected chi connectivity index (χ4v) is 4.16. The lowest BCUT2D eigenvalue weighted by Gasteiger charge is -2.22. The van der Waals surface area contributed by atoms with Crippen LogP contribution >= 0.6 is 45.9 Å². The predicted molar refractivity (Wildman–Crippen MR) is 112 cm³/mol. The smallest absolute Gasteiger partial charge is 0.251 e. The number of hydrogen-bond donors (Lipinski definition) is 1. The first-order valence-electron chi connectivity index (χ1n) is 8.08. The van der Waals surface area contributed by atoms with E-state index in [9.17, 15) is 9.59 Å². The first kappa shape index (κ1) is 19.9. The van der Waals surface area contributed by atoms with Gasteiger partial charge in [-0.1, -0.05) is 35.3 Å². The quantitative estimate of drug-likeness (QED) is 0.559. The molecule has 0 bridgehead atoms. The van der Waals surface area contributed by atoms with E-state index in [0.717, 1.165) is 9.75 Å². The average Bonchev–Trinajstić information content (AvgIpc) is 3.35. The number of carbonyl (C=O) groups excluding carboxylic acids is 2. The van der Waals surface area contributed by atoms with Crippen molar-refractivity contribution >= 4 is 57.7 Å². The molecule has 0 aliphatic carbocycles. The van der Waals surface area contributed by atoms with E-state index >= 15 is 0 Å². The van der Waals surface area contributed by atoms with Crippen LogP contribution in [0.2, 0.25) is 10.0 Å². The fraction of sp³-hybridized carbons (Fsp3) is 0.158. The zero-order valence-electron chi connectivity index (χ0n) is 14.2. The van der Waals surface area contributed by atoms with E-state index in [2.05, 4.69) is 5.32 Å². The Morgan fingerprint density at radius 2 is 1.56 bits per heavy atom. The molecular formula is C19H16Cl2N2O2S2. The molecule has 0 unspecified atom stereocenters. The molecule has 2 heterocycles. The van der Waals surface area contributed by atoms with Crippen molar-refractivity contribution in [1.82, 2.24) is 10.2 Å². The van der Waals surface area contributed by atoms with Crippen LogP contribution in [-0.2, 0) is 17.9 Å². The number of hydrogen-bond acceptors (Lipinski definition) is 4. The minimum atomic E-state index is -0.367. The Balaban J connectivity index is 1.64. The molecular weight excluding hydrogens is 423 g/mol. The highest BCUT2D eigenvalue weighted by atomic mass is 35.5. The number of benzene rings is 1. The highest BCUT2D eigenvalue weighted by Gasteiger charge is 2.17. The molecule has 8 heteroatoms. The molecule has 0 spiro atoms. The van der Waals surface area contributed by atoms with Gasteiger partial charge in [0.15, 0.2) is 0 Å². The van der Waals surface area contributed by atoms with Crippen LogP contribution in [-0.4, -0.2) is 23.3 Å². The summed E-state index contributed by atoms with van der Waals surface area (Å²) in [6.45, 7) is 0.934. The van der Waals surface area contributed by atoms with Crippen molar-refractivity contribution in [3.05, 3.63) is 78.6 Å². The van der Waals surface area contributed by atoms with Gasteiger partial charge in [-0.15, -0.1) is 22.7 Å². The van der Waals surface area contributed by atoms with Gasteiger partial charge in [0.2, 0.25) is 5.91 Å². The Kier molecular flexibility index (Phi) is 6.90. The lowest BCUT2D eigenvalue weighted by Crippen LogP contribution is -2.39. The van der Waals surface area contributed by atoms with Crippen molar-refractivity contribution in [1.29, 1.82) is 0 Å². The van der Waals surface area contributed by atoms with E-state index in [4.69, 9.17) is 23.2 Å². The van der Waals surface area contributed by atoms with Crippen LogP contribution in [0.25, 0.3) is 0 Å². The van der Waals surface area contributed by atoms with E-state index in [1.54, 1.807) is 39.7 Å². The molecule has 140 valence electrons. The van der Waals surface area contributed by atoms with E-state index in [1.807, 2.05) is 35.0 Å². The summed E-state index contributed by atoms with van der Waals surface area (Å²) >= 11 is 15.0. The van der Waals surface area contributed by atoms with Crippen molar-refractivity contribution in [3.8, 4) is 0 Å². The maximum absolute atomic E-state index is 12.7. The van der Waals surface area contributed by atoms with Gasteiger partial charge in [-0.05, 0) is 41.1 Å². The van der Waals surface area contributed by atoms with Gasteiger partial charge in [0.25, 0.3) is 5.91 Å². The number of nitrogens with zero attached hydrogens (tertiary/aromatic N) is 1. The van der Waals surface area contributed by atoms with Crippen molar-refractivity contribution < 1.29 is 9.59 Å². The zero-order chi connectivity index (χ0) is 19.2. The Bertz CT molecular complexity index is 876. The highest BCUT2D eigenvalue weighted by molar-refractivity contribution is 7.10. The van der Waals surface area contributed by atoms with Crippen molar-refractivity contribution in [3.63, 3.8) is 0 Å². The summed E-state index contributed by atoms with van der Waals surface area (Å²) < 4.78 is 0. The van der Waals surface area contributed by atoms with Gasteiger partial charge in [0.05, 0.1) is 29.7 Å². The number of amides is 2. The third kappa shape index (κ3) is 5.56. The summed E-state index contributed by atoms with van der Waals surface area (Å²) in [5.41, 5.74) is 0.361. The molecule has 1 aromatic carbocycles. The van der Waals surface area contributed by atoms with Gasteiger partial charge in [0.1, 0.15) is 0 Å². The Hall–Kier alpha value is -1.86. The summed E-state index contributed by atoms with van der Waals surface area (Å²) in [4.78, 5) is 28.9. The molecule has 0 aliphatic rings. The number of nitrogens with one attached hydrogen (secondary N) is 1. The fourth-order valence-electron chi connectivity index (χ4n) is 2.42. The second kappa shape index (κ2) is 9.37. The van der Waals surface area contributed by atoms with E-state index in [0.29, 0.717) is 28.7 Å². The van der Waals surface area contributed by atoms with Crippen LogP contribution in [0.5, 0.6) is 0 Å². The molecule has 0 saturated carbocycles. The summed E-state index contributed by atoms with van der Waals surface area (Å²) in [5, 5.41) is 7.30. The minimum absolute atomic E-state index is 0.0875. The molecule has 0 aliphatic heterocycles. The average molecular weight is 439 g/mol. The zero-order valence-corrected chi connectivity index (χ0v) is 17.3. The molecule has 3 rings (SSSR count). The standard InChI is InChI=1S/C19H16Cl2N2O2S2/c20-16-6-5-13(9-17(16)21)19(25)22-10-18(24)23(11-14-3-1-7-26-14)12-15-4-2-8-27-15/h1-9H,10-12H2,(H,22,25). The summed E-state index contributed by atoms with van der Waals surface area (Å²) in [6.07, 6.45) is 0. The molecule has 0 atom stereocenters. The van der Waals surface area contributed by atoms with E-state index < -0.39 is 0 Å². The van der Waals surface area contributed by atoms with Crippen LogP contribution in [0.1, 0.15) is 20.1 Å². The normalized spacial score (nSPS) is 10.6. The Morgan fingerprint density at radius 3 is 2.07 bits per heavy atom. The number of rotatable bonds is 7. The molecule has 27 heavy (non-hydrogen) atoms. The monoisotopic (exact) mass is 438 g/mol. The number of thiophene rings is 2. The Morgan fingerprint density at radius 1 is 0.926 bits per heavy atom. The van der Waals surface area contributed by atoms with Gasteiger partial charge in [0, 0.05) is 15.3 Å². The van der Waals surface area contributed by atoms with Gasteiger partial charge >= 0.3 is 0 Å². The summed E-state index contributed by atoms with van der Waals surface area (Å²) in [7, 11) is 0. The molecule has 3 aromatic rings. The maximum atomic E-state index is 12.7. The first-order valence-corrected chi connectivity index (χ1v) is 10.6. The van der Waals surface area contributed by atoms with E-state index in [1.165, 1.54) is 6.07 Å². The first-order chi connectivity index (χ1) is 13.0. The van der Waals surface area contributed by atoms with E-state index in [-0.39, 0.29) is 18.4 Å². The molecule has 0 fully saturated rings. The second-order valence-corrected chi connectivity index (χ2v) is 8.60. The lowest BCUT2D eigenvalue weighted by atomic mass is 10.2.